The van der Waals surface area contributed by atoms with Crippen molar-refractivity contribution in [1.29, 1.82) is 0 Å². The summed E-state index contributed by atoms with van der Waals surface area (Å²) >= 11 is 12.1. The van der Waals surface area contributed by atoms with Crippen LogP contribution in [0.15, 0.2) is 36.4 Å². The lowest BCUT2D eigenvalue weighted by Gasteiger charge is -2.27. The molecule has 28 heavy (non-hydrogen) atoms. The fourth-order valence-electron chi connectivity index (χ4n) is 4.14. The van der Waals surface area contributed by atoms with Crippen molar-refractivity contribution in [3.63, 3.8) is 0 Å². The Kier molecular flexibility index (Phi) is 5.17. The largest absolute Gasteiger partial charge is 0.384 e. The van der Waals surface area contributed by atoms with Crippen molar-refractivity contribution in [3.8, 4) is 0 Å². The van der Waals surface area contributed by atoms with E-state index in [4.69, 9.17) is 23.2 Å². The SMILES string of the molecule is CN1CCc2c(n(CC(C)(O)c3ccc(Cl)c(F)c3)c3ccc(Cl)cc23)CC1. The van der Waals surface area contributed by atoms with Gasteiger partial charge in [0.25, 0.3) is 0 Å². The van der Waals surface area contributed by atoms with Crippen LogP contribution in [0.4, 0.5) is 4.39 Å². The van der Waals surface area contributed by atoms with Crippen LogP contribution in [0.2, 0.25) is 10.0 Å². The lowest BCUT2D eigenvalue weighted by molar-refractivity contribution is 0.0385. The molecule has 1 aliphatic rings. The number of aliphatic hydroxyl groups is 1. The first-order valence-corrected chi connectivity index (χ1v) is 10.2. The Morgan fingerprint density at radius 3 is 2.61 bits per heavy atom. The van der Waals surface area contributed by atoms with Crippen LogP contribution in [0.25, 0.3) is 10.9 Å². The molecule has 1 N–H and O–H groups in total. The molecule has 1 aliphatic heterocycles. The summed E-state index contributed by atoms with van der Waals surface area (Å²) in [4.78, 5) is 2.31. The number of benzene rings is 2. The van der Waals surface area contributed by atoms with Crippen LogP contribution in [0.1, 0.15) is 23.7 Å². The van der Waals surface area contributed by atoms with Crippen molar-refractivity contribution >= 4 is 34.1 Å². The molecule has 1 aromatic heterocycles. The second kappa shape index (κ2) is 7.34. The second-order valence-corrected chi connectivity index (χ2v) is 8.72. The summed E-state index contributed by atoms with van der Waals surface area (Å²) in [5.74, 6) is -0.524. The highest BCUT2D eigenvalue weighted by atomic mass is 35.5. The lowest BCUT2D eigenvalue weighted by Crippen LogP contribution is -2.29. The molecule has 0 amide bonds. The summed E-state index contributed by atoms with van der Waals surface area (Å²) in [5.41, 5.74) is 2.82. The highest BCUT2D eigenvalue weighted by Crippen LogP contribution is 2.34. The van der Waals surface area contributed by atoms with E-state index in [1.807, 2.05) is 18.2 Å². The van der Waals surface area contributed by atoms with Crippen LogP contribution in [-0.4, -0.2) is 34.7 Å². The van der Waals surface area contributed by atoms with Crippen molar-refractivity contribution < 1.29 is 9.50 Å². The van der Waals surface area contributed by atoms with E-state index in [2.05, 4.69) is 16.5 Å². The van der Waals surface area contributed by atoms with Crippen molar-refractivity contribution in [2.75, 3.05) is 20.1 Å². The van der Waals surface area contributed by atoms with E-state index in [1.54, 1.807) is 13.0 Å². The van der Waals surface area contributed by atoms with Crippen LogP contribution < -0.4 is 0 Å². The van der Waals surface area contributed by atoms with Gasteiger partial charge in [-0.3, -0.25) is 0 Å². The summed E-state index contributed by atoms with van der Waals surface area (Å²) in [6.45, 7) is 3.98. The van der Waals surface area contributed by atoms with Gasteiger partial charge >= 0.3 is 0 Å². The van der Waals surface area contributed by atoms with Crippen LogP contribution in [0.5, 0.6) is 0 Å². The van der Waals surface area contributed by atoms with Gasteiger partial charge in [0.15, 0.2) is 0 Å². The van der Waals surface area contributed by atoms with Crippen molar-refractivity contribution in [2.24, 2.45) is 0 Å². The molecule has 0 saturated heterocycles. The normalized spacial score (nSPS) is 17.4. The molecule has 0 bridgehead atoms. The minimum Gasteiger partial charge on any atom is -0.384 e. The Hall–Kier alpha value is -1.59. The second-order valence-electron chi connectivity index (χ2n) is 7.88. The third kappa shape index (κ3) is 3.55. The van der Waals surface area contributed by atoms with Gasteiger partial charge in [-0.05, 0) is 61.9 Å². The quantitative estimate of drug-likeness (QED) is 0.643. The van der Waals surface area contributed by atoms with Gasteiger partial charge < -0.3 is 14.6 Å². The third-order valence-corrected chi connectivity index (χ3v) is 6.27. The van der Waals surface area contributed by atoms with Crippen LogP contribution in [-0.2, 0) is 25.0 Å². The van der Waals surface area contributed by atoms with Gasteiger partial charge in [-0.1, -0.05) is 29.3 Å². The number of aromatic nitrogens is 1. The van der Waals surface area contributed by atoms with E-state index >= 15 is 0 Å². The molecule has 1 atom stereocenters. The number of halogens is 3. The molecule has 4 rings (SSSR count). The van der Waals surface area contributed by atoms with Crippen LogP contribution in [0, 0.1) is 5.82 Å². The molecule has 0 saturated carbocycles. The van der Waals surface area contributed by atoms with Crippen molar-refractivity contribution in [3.05, 3.63) is 69.1 Å². The van der Waals surface area contributed by atoms with Crippen molar-refractivity contribution in [2.45, 2.75) is 31.9 Å². The maximum absolute atomic E-state index is 14.0. The molecule has 0 aliphatic carbocycles. The third-order valence-electron chi connectivity index (χ3n) is 5.73. The zero-order valence-corrected chi connectivity index (χ0v) is 17.5. The number of nitrogens with zero attached hydrogens (tertiary/aromatic N) is 2. The number of fused-ring (bicyclic) bond motifs is 3. The first kappa shape index (κ1) is 19.7. The maximum Gasteiger partial charge on any atom is 0.142 e. The summed E-state index contributed by atoms with van der Waals surface area (Å²) in [5, 5.41) is 13.1. The number of hydrogen-bond acceptors (Lipinski definition) is 2. The molecule has 148 valence electrons. The minimum absolute atomic E-state index is 0.0532. The summed E-state index contributed by atoms with van der Waals surface area (Å²) < 4.78 is 16.2. The Morgan fingerprint density at radius 1 is 1.11 bits per heavy atom. The molecular formula is C22H23Cl2FN2O. The number of hydrogen-bond donors (Lipinski definition) is 1. The van der Waals surface area contributed by atoms with E-state index in [1.165, 1.54) is 23.4 Å². The Labute approximate surface area is 174 Å². The first-order valence-electron chi connectivity index (χ1n) is 9.42. The van der Waals surface area contributed by atoms with E-state index in [0.29, 0.717) is 17.1 Å². The molecule has 6 heteroatoms. The monoisotopic (exact) mass is 420 g/mol. The zero-order chi connectivity index (χ0) is 20.1. The molecule has 0 radical (unpaired) electrons. The smallest absolute Gasteiger partial charge is 0.142 e. The fraction of sp³-hybridized carbons (Fsp3) is 0.364. The predicted octanol–water partition coefficient (Wildman–Crippen LogP) is 5.03. The van der Waals surface area contributed by atoms with Gasteiger partial charge in [-0.15, -0.1) is 0 Å². The van der Waals surface area contributed by atoms with E-state index in [-0.39, 0.29) is 5.02 Å². The minimum atomic E-state index is -1.25. The van der Waals surface area contributed by atoms with Gasteiger partial charge in [0.05, 0.1) is 11.6 Å². The molecule has 2 heterocycles. The van der Waals surface area contributed by atoms with E-state index < -0.39 is 11.4 Å². The van der Waals surface area contributed by atoms with Gasteiger partial charge in [0.2, 0.25) is 0 Å². The van der Waals surface area contributed by atoms with Gasteiger partial charge in [-0.25, -0.2) is 4.39 Å². The van der Waals surface area contributed by atoms with Crippen molar-refractivity contribution in [1.82, 2.24) is 9.47 Å². The van der Waals surface area contributed by atoms with Gasteiger partial charge in [0, 0.05) is 41.1 Å². The fourth-order valence-corrected chi connectivity index (χ4v) is 4.43. The predicted molar refractivity (Wildman–Crippen MR) is 113 cm³/mol. The Balaban J connectivity index is 1.82. The standard InChI is InChI=1S/C22H23Cl2FN2O/c1-22(28,14-3-5-18(24)19(25)11-14)13-27-20-6-4-15(23)12-17(20)16-7-9-26(2)10-8-21(16)27/h3-6,11-12,28H,7-10,13H2,1-2H3. The van der Waals surface area contributed by atoms with Crippen LogP contribution in [0.3, 0.4) is 0 Å². The molecule has 2 aromatic carbocycles. The van der Waals surface area contributed by atoms with Gasteiger partial charge in [-0.2, -0.15) is 0 Å². The molecular weight excluding hydrogens is 398 g/mol. The number of likely N-dealkylation sites (N-methyl/N-ethyl adjacent to an activating group) is 1. The maximum atomic E-state index is 14.0. The average molecular weight is 421 g/mol. The summed E-state index contributed by atoms with van der Waals surface area (Å²) in [7, 11) is 2.12. The topological polar surface area (TPSA) is 28.4 Å². The van der Waals surface area contributed by atoms with Gasteiger partial charge in [0.1, 0.15) is 11.4 Å². The van der Waals surface area contributed by atoms with E-state index in [0.717, 1.165) is 36.8 Å². The average Bonchev–Trinajstić information content (AvgIpc) is 2.77. The van der Waals surface area contributed by atoms with E-state index in [9.17, 15) is 9.50 Å². The Bertz CT molecular complexity index is 1040. The molecule has 0 spiro atoms. The lowest BCUT2D eigenvalue weighted by atomic mass is 9.95. The first-order chi connectivity index (χ1) is 13.3. The molecule has 1 unspecified atom stereocenters. The molecule has 3 aromatic rings. The number of rotatable bonds is 3. The molecule has 0 fully saturated rings. The highest BCUT2D eigenvalue weighted by Gasteiger charge is 2.29. The Morgan fingerprint density at radius 2 is 1.86 bits per heavy atom. The zero-order valence-electron chi connectivity index (χ0n) is 16.0. The van der Waals surface area contributed by atoms with Crippen LogP contribution >= 0.6 is 23.2 Å². The summed E-state index contributed by atoms with van der Waals surface area (Å²) in [6, 6.07) is 10.4. The molecule has 3 nitrogen and oxygen atoms in total. The summed E-state index contributed by atoms with van der Waals surface area (Å²) in [6.07, 6.45) is 1.83. The highest BCUT2D eigenvalue weighted by molar-refractivity contribution is 6.31.